The number of nitrogens with zero attached hydrogens (tertiary/aromatic N) is 3. The summed E-state index contributed by atoms with van der Waals surface area (Å²) >= 11 is 0. The van der Waals surface area contributed by atoms with Crippen LogP contribution in [-0.2, 0) is 11.2 Å². The third-order valence-corrected chi connectivity index (χ3v) is 5.41. The van der Waals surface area contributed by atoms with E-state index in [-0.39, 0.29) is 11.4 Å². The summed E-state index contributed by atoms with van der Waals surface area (Å²) in [5.74, 6) is -2.22. The lowest BCUT2D eigenvalue weighted by atomic mass is 10.00. The number of amides is 2. The van der Waals surface area contributed by atoms with Crippen molar-refractivity contribution < 1.29 is 18.4 Å². The highest BCUT2D eigenvalue weighted by Gasteiger charge is 2.34. The minimum Gasteiger partial charge on any atom is -0.324 e. The number of hydrogen-bond donors (Lipinski definition) is 1. The Morgan fingerprint density at radius 2 is 1.69 bits per heavy atom. The third kappa shape index (κ3) is 5.55. The molecule has 1 aromatic heterocycles. The van der Waals surface area contributed by atoms with E-state index in [2.05, 4.69) is 15.3 Å². The Balaban J connectivity index is 1.84. The molecule has 176 valence electrons. The van der Waals surface area contributed by atoms with Crippen LogP contribution in [-0.4, -0.2) is 21.8 Å². The fraction of sp³-hybridized carbons (Fsp3) is 0.111. The summed E-state index contributed by atoms with van der Waals surface area (Å²) < 4.78 is 27.6. The van der Waals surface area contributed by atoms with Gasteiger partial charge in [0.2, 0.25) is 0 Å². The Hall–Kier alpha value is -4.46. The molecule has 4 aromatic rings. The molecule has 0 saturated heterocycles. The summed E-state index contributed by atoms with van der Waals surface area (Å²) in [6.45, 7) is 2.00. The molecule has 8 heteroatoms. The number of aryl methyl sites for hydroxylation is 1. The van der Waals surface area contributed by atoms with Crippen molar-refractivity contribution in [2.45, 2.75) is 19.4 Å². The number of anilines is 2. The third-order valence-electron chi connectivity index (χ3n) is 5.41. The van der Waals surface area contributed by atoms with Gasteiger partial charge in [-0.25, -0.2) is 13.8 Å². The van der Waals surface area contributed by atoms with Gasteiger partial charge in [0, 0.05) is 23.8 Å². The van der Waals surface area contributed by atoms with Crippen molar-refractivity contribution in [2.24, 2.45) is 0 Å². The van der Waals surface area contributed by atoms with Crippen LogP contribution >= 0.6 is 0 Å². The number of nitrogens with one attached hydrogen (secondary N) is 1. The molecule has 0 bridgehead atoms. The van der Waals surface area contributed by atoms with E-state index in [4.69, 9.17) is 0 Å². The average Bonchev–Trinajstić information content (AvgIpc) is 2.88. The first-order valence-electron chi connectivity index (χ1n) is 11.0. The van der Waals surface area contributed by atoms with Crippen molar-refractivity contribution in [1.29, 1.82) is 0 Å². The quantitative estimate of drug-likeness (QED) is 0.394. The number of hydrogen-bond acceptors (Lipinski definition) is 4. The molecule has 3 aromatic carbocycles. The molecule has 2 amide bonds. The molecular weight excluding hydrogens is 450 g/mol. The molecule has 0 aliphatic carbocycles. The summed E-state index contributed by atoms with van der Waals surface area (Å²) in [4.78, 5) is 36.6. The molecule has 1 heterocycles. The molecule has 35 heavy (non-hydrogen) atoms. The Kier molecular flexibility index (Phi) is 7.21. The molecule has 1 atom stereocenters. The van der Waals surface area contributed by atoms with Crippen LogP contribution in [0, 0.1) is 11.6 Å². The largest absolute Gasteiger partial charge is 0.324 e. The highest BCUT2D eigenvalue weighted by Crippen LogP contribution is 2.31. The van der Waals surface area contributed by atoms with Crippen LogP contribution in [0.1, 0.15) is 34.6 Å². The van der Waals surface area contributed by atoms with Crippen molar-refractivity contribution in [2.75, 3.05) is 10.2 Å². The SMILES string of the molecule is CCc1ccc([C@H](C(=O)Nc2ccc(F)cc2)N(C(=O)c2cnccn2)c2cccc(F)c2)cc1. The number of halogens is 2. The van der Waals surface area contributed by atoms with Gasteiger partial charge >= 0.3 is 0 Å². The molecule has 4 rings (SSSR count). The first kappa shape index (κ1) is 23.7. The Morgan fingerprint density at radius 1 is 0.943 bits per heavy atom. The zero-order chi connectivity index (χ0) is 24.8. The Labute approximate surface area is 201 Å². The first-order chi connectivity index (χ1) is 17.0. The van der Waals surface area contributed by atoms with Crippen molar-refractivity contribution in [3.05, 3.63) is 120 Å². The van der Waals surface area contributed by atoms with Crippen LogP contribution in [0.4, 0.5) is 20.2 Å². The number of benzene rings is 3. The molecule has 0 saturated carbocycles. The maximum Gasteiger partial charge on any atom is 0.279 e. The van der Waals surface area contributed by atoms with Gasteiger partial charge in [0.05, 0.1) is 6.20 Å². The molecule has 0 fully saturated rings. The van der Waals surface area contributed by atoms with Gasteiger partial charge in [-0.1, -0.05) is 37.3 Å². The average molecular weight is 472 g/mol. The summed E-state index contributed by atoms with van der Waals surface area (Å²) in [5, 5.41) is 2.74. The first-order valence-corrected chi connectivity index (χ1v) is 11.0. The van der Waals surface area contributed by atoms with Crippen LogP contribution in [0.3, 0.4) is 0 Å². The van der Waals surface area contributed by atoms with Gasteiger partial charge in [0.15, 0.2) is 0 Å². The summed E-state index contributed by atoms with van der Waals surface area (Å²) in [7, 11) is 0. The maximum atomic E-state index is 14.2. The van der Waals surface area contributed by atoms with E-state index < -0.39 is 29.5 Å². The molecule has 0 aliphatic rings. The number of carbonyl (C=O) groups is 2. The number of carbonyl (C=O) groups excluding carboxylic acids is 2. The van der Waals surface area contributed by atoms with Gasteiger partial charge in [0.25, 0.3) is 11.8 Å². The van der Waals surface area contributed by atoms with Crippen LogP contribution in [0.2, 0.25) is 0 Å². The highest BCUT2D eigenvalue weighted by molar-refractivity contribution is 6.11. The molecule has 0 unspecified atom stereocenters. The lowest BCUT2D eigenvalue weighted by Crippen LogP contribution is -2.42. The zero-order valence-corrected chi connectivity index (χ0v) is 18.9. The van der Waals surface area contributed by atoms with E-state index in [9.17, 15) is 18.4 Å². The smallest absolute Gasteiger partial charge is 0.279 e. The van der Waals surface area contributed by atoms with Crippen LogP contribution in [0.15, 0.2) is 91.4 Å². The van der Waals surface area contributed by atoms with E-state index in [1.54, 1.807) is 12.1 Å². The van der Waals surface area contributed by atoms with Crippen LogP contribution in [0.5, 0.6) is 0 Å². The van der Waals surface area contributed by atoms with Crippen molar-refractivity contribution in [3.63, 3.8) is 0 Å². The van der Waals surface area contributed by atoms with Gasteiger partial charge in [0.1, 0.15) is 23.4 Å². The molecule has 0 radical (unpaired) electrons. The lowest BCUT2D eigenvalue weighted by Gasteiger charge is -2.31. The Bertz CT molecular complexity index is 1310. The van der Waals surface area contributed by atoms with Crippen LogP contribution in [0.25, 0.3) is 0 Å². The van der Waals surface area contributed by atoms with Gasteiger partial charge in [-0.15, -0.1) is 0 Å². The summed E-state index contributed by atoms with van der Waals surface area (Å²) in [5.41, 5.74) is 2.05. The molecule has 0 spiro atoms. The predicted molar refractivity (Wildman–Crippen MR) is 129 cm³/mol. The normalized spacial score (nSPS) is 11.5. The second-order valence-electron chi connectivity index (χ2n) is 7.74. The highest BCUT2D eigenvalue weighted by atomic mass is 19.1. The predicted octanol–water partition coefficient (Wildman–Crippen LogP) is 5.34. The molecular formula is C27H22F2N4O2. The topological polar surface area (TPSA) is 75.2 Å². The van der Waals surface area contributed by atoms with Gasteiger partial charge < -0.3 is 5.32 Å². The fourth-order valence-electron chi connectivity index (χ4n) is 3.64. The van der Waals surface area contributed by atoms with E-state index in [0.29, 0.717) is 11.3 Å². The summed E-state index contributed by atoms with van der Waals surface area (Å²) in [6, 6.07) is 16.7. The molecule has 1 N–H and O–H groups in total. The van der Waals surface area contributed by atoms with Gasteiger partial charge in [-0.2, -0.15) is 0 Å². The minimum absolute atomic E-state index is 0.0125. The van der Waals surface area contributed by atoms with E-state index >= 15 is 0 Å². The second-order valence-corrected chi connectivity index (χ2v) is 7.74. The van der Waals surface area contributed by atoms with Crippen LogP contribution < -0.4 is 10.2 Å². The fourth-order valence-corrected chi connectivity index (χ4v) is 3.64. The second kappa shape index (κ2) is 10.6. The standard InChI is InChI=1S/C27H22F2N4O2/c1-2-18-6-8-19(9-7-18)25(26(34)32-22-12-10-20(28)11-13-22)33(23-5-3-4-21(29)16-23)27(35)24-17-30-14-15-31-24/h3-17,25H,2H2,1H3,(H,32,34)/t25-/m1/s1. The van der Waals surface area contributed by atoms with Crippen molar-refractivity contribution >= 4 is 23.2 Å². The Morgan fingerprint density at radius 3 is 2.31 bits per heavy atom. The zero-order valence-electron chi connectivity index (χ0n) is 18.9. The van der Waals surface area contributed by atoms with E-state index in [1.165, 1.54) is 72.0 Å². The van der Waals surface area contributed by atoms with Crippen molar-refractivity contribution in [1.82, 2.24) is 9.97 Å². The minimum atomic E-state index is -1.19. The summed E-state index contributed by atoms with van der Waals surface area (Å²) in [6.07, 6.45) is 4.86. The lowest BCUT2D eigenvalue weighted by molar-refractivity contribution is -0.117. The van der Waals surface area contributed by atoms with Gasteiger partial charge in [-0.05, 0) is 60.0 Å². The monoisotopic (exact) mass is 472 g/mol. The van der Waals surface area contributed by atoms with E-state index in [0.717, 1.165) is 12.0 Å². The number of aromatic nitrogens is 2. The van der Waals surface area contributed by atoms with Gasteiger partial charge in [-0.3, -0.25) is 19.5 Å². The van der Waals surface area contributed by atoms with E-state index in [1.807, 2.05) is 19.1 Å². The molecule has 0 aliphatic heterocycles. The molecule has 6 nitrogen and oxygen atoms in total. The maximum absolute atomic E-state index is 14.2. The number of rotatable bonds is 7. The van der Waals surface area contributed by atoms with Crippen molar-refractivity contribution in [3.8, 4) is 0 Å².